The Kier molecular flexibility index (Phi) is 5.63. The molecule has 27 heavy (non-hydrogen) atoms. The lowest BCUT2D eigenvalue weighted by Gasteiger charge is -2.32. The molecule has 1 aliphatic carbocycles. The lowest BCUT2D eigenvalue weighted by atomic mass is 9.81. The van der Waals surface area contributed by atoms with E-state index in [1.807, 2.05) is 6.07 Å². The van der Waals surface area contributed by atoms with Crippen LogP contribution in [0.4, 0.5) is 5.82 Å². The van der Waals surface area contributed by atoms with E-state index < -0.39 is 0 Å². The zero-order valence-electron chi connectivity index (χ0n) is 15.5. The molecular formula is C21H27N5O. The first-order valence-corrected chi connectivity index (χ1v) is 9.92. The summed E-state index contributed by atoms with van der Waals surface area (Å²) in [5, 5.41) is 22.0. The van der Waals surface area contributed by atoms with Crippen LogP contribution in [0, 0.1) is 5.92 Å². The number of nitrogens with zero attached hydrogens (tertiary/aromatic N) is 3. The van der Waals surface area contributed by atoms with Gasteiger partial charge in [-0.2, -0.15) is 5.10 Å². The molecule has 1 aliphatic rings. The van der Waals surface area contributed by atoms with Gasteiger partial charge in [-0.1, -0.05) is 30.3 Å². The molecule has 1 fully saturated rings. The molecule has 1 aromatic carbocycles. The summed E-state index contributed by atoms with van der Waals surface area (Å²) >= 11 is 0. The topological polar surface area (TPSA) is 86.7 Å². The maximum atomic E-state index is 10.6. The summed E-state index contributed by atoms with van der Waals surface area (Å²) in [6.07, 6.45) is 10.4. The fraction of sp³-hybridized carbons (Fsp3) is 0.476. The summed E-state index contributed by atoms with van der Waals surface area (Å²) in [4.78, 5) is 8.54. The van der Waals surface area contributed by atoms with Crippen LogP contribution in [0.15, 0.2) is 42.9 Å². The molecule has 0 aliphatic heterocycles. The fourth-order valence-electron chi connectivity index (χ4n) is 4.12. The van der Waals surface area contributed by atoms with Gasteiger partial charge in [0.25, 0.3) is 0 Å². The minimum absolute atomic E-state index is 0.186. The van der Waals surface area contributed by atoms with Crippen LogP contribution in [0.2, 0.25) is 0 Å². The zero-order valence-corrected chi connectivity index (χ0v) is 15.5. The molecule has 2 aromatic heterocycles. The molecular weight excluding hydrogens is 338 g/mol. The van der Waals surface area contributed by atoms with Crippen LogP contribution in [0.1, 0.15) is 44.1 Å². The second-order valence-electron chi connectivity index (χ2n) is 7.56. The summed E-state index contributed by atoms with van der Waals surface area (Å²) in [6, 6.07) is 10.9. The lowest BCUT2D eigenvalue weighted by molar-refractivity contribution is 0.0736. The number of aromatic amines is 1. The predicted molar refractivity (Wildman–Crippen MR) is 106 cm³/mol. The Balaban J connectivity index is 1.23. The van der Waals surface area contributed by atoms with Crippen molar-refractivity contribution >= 4 is 16.9 Å². The van der Waals surface area contributed by atoms with Crippen LogP contribution in [0.3, 0.4) is 0 Å². The highest BCUT2D eigenvalue weighted by molar-refractivity contribution is 5.85. The quantitative estimate of drug-likeness (QED) is 0.594. The largest absolute Gasteiger partial charge is 0.393 e. The highest BCUT2D eigenvalue weighted by atomic mass is 16.3. The first kappa shape index (κ1) is 17.9. The van der Waals surface area contributed by atoms with Crippen LogP contribution in [-0.2, 0) is 6.42 Å². The molecule has 142 valence electrons. The highest BCUT2D eigenvalue weighted by Gasteiger charge is 2.26. The van der Waals surface area contributed by atoms with Gasteiger partial charge in [0.2, 0.25) is 0 Å². The first-order chi connectivity index (χ1) is 13.3. The maximum absolute atomic E-state index is 10.6. The number of aliphatic hydroxyl groups is 1. The van der Waals surface area contributed by atoms with E-state index in [-0.39, 0.29) is 6.10 Å². The van der Waals surface area contributed by atoms with Crippen molar-refractivity contribution in [2.75, 3.05) is 5.32 Å². The number of hydrogen-bond donors (Lipinski definition) is 3. The second kappa shape index (κ2) is 8.48. The number of anilines is 1. The molecule has 1 atom stereocenters. The molecule has 0 spiro atoms. The van der Waals surface area contributed by atoms with Crippen LogP contribution >= 0.6 is 0 Å². The van der Waals surface area contributed by atoms with E-state index >= 15 is 0 Å². The average Bonchev–Trinajstić information content (AvgIpc) is 3.19. The van der Waals surface area contributed by atoms with Crippen molar-refractivity contribution in [3.05, 3.63) is 48.4 Å². The van der Waals surface area contributed by atoms with Crippen LogP contribution in [0.25, 0.3) is 11.0 Å². The molecule has 6 heteroatoms. The first-order valence-electron chi connectivity index (χ1n) is 9.92. The fourth-order valence-corrected chi connectivity index (χ4v) is 4.12. The number of aromatic nitrogens is 4. The second-order valence-corrected chi connectivity index (χ2v) is 7.56. The molecule has 0 amide bonds. The van der Waals surface area contributed by atoms with Gasteiger partial charge in [-0.25, -0.2) is 9.97 Å². The molecule has 0 bridgehead atoms. The van der Waals surface area contributed by atoms with E-state index in [2.05, 4.69) is 49.7 Å². The van der Waals surface area contributed by atoms with Crippen molar-refractivity contribution in [2.24, 2.45) is 5.92 Å². The molecule has 0 radical (unpaired) electrons. The Labute approximate surface area is 159 Å². The predicted octanol–water partition coefficient (Wildman–Crippen LogP) is 3.71. The van der Waals surface area contributed by atoms with Gasteiger partial charge in [0.05, 0.1) is 17.7 Å². The van der Waals surface area contributed by atoms with Gasteiger partial charge >= 0.3 is 0 Å². The number of benzene rings is 1. The van der Waals surface area contributed by atoms with Crippen LogP contribution < -0.4 is 5.32 Å². The highest BCUT2D eigenvalue weighted by Crippen LogP contribution is 2.31. The van der Waals surface area contributed by atoms with E-state index in [1.54, 1.807) is 12.5 Å². The minimum atomic E-state index is -0.186. The number of fused-ring (bicyclic) bond motifs is 1. The maximum Gasteiger partial charge on any atom is 0.160 e. The number of aliphatic hydroxyl groups excluding tert-OH is 1. The Morgan fingerprint density at radius 1 is 1.11 bits per heavy atom. The van der Waals surface area contributed by atoms with Gasteiger partial charge in [-0.05, 0) is 56.4 Å². The third kappa shape index (κ3) is 4.45. The summed E-state index contributed by atoms with van der Waals surface area (Å²) < 4.78 is 0. The summed E-state index contributed by atoms with van der Waals surface area (Å²) in [5.74, 6) is 1.26. The van der Waals surface area contributed by atoms with Gasteiger partial charge in [0, 0.05) is 6.04 Å². The van der Waals surface area contributed by atoms with Crippen molar-refractivity contribution in [3.63, 3.8) is 0 Å². The number of H-pyrrole nitrogens is 1. The number of hydrogen-bond acceptors (Lipinski definition) is 5. The Bertz CT molecular complexity index is 842. The van der Waals surface area contributed by atoms with E-state index in [0.29, 0.717) is 12.0 Å². The molecule has 1 saturated carbocycles. The molecule has 3 aromatic rings. The molecule has 2 heterocycles. The van der Waals surface area contributed by atoms with Gasteiger partial charge in [-0.15, -0.1) is 0 Å². The van der Waals surface area contributed by atoms with Gasteiger partial charge in [-0.3, -0.25) is 5.10 Å². The monoisotopic (exact) mass is 365 g/mol. The SMILES string of the molecule is OC(CCCc1ccccc1)C1CCC(Nc2ncnc3[nH]ncc23)CC1. The van der Waals surface area contributed by atoms with E-state index in [0.717, 1.165) is 61.8 Å². The standard InChI is InChI=1S/C21H27N5O/c27-19(8-4-7-15-5-2-1-3-6-15)16-9-11-17(12-10-16)25-20-18-13-24-26-21(18)23-14-22-20/h1-3,5-6,13-14,16-17,19,27H,4,7-12H2,(H2,22,23,24,25,26). The summed E-state index contributed by atoms with van der Waals surface area (Å²) in [5.41, 5.74) is 2.11. The number of aryl methyl sites for hydroxylation is 1. The average molecular weight is 365 g/mol. The Morgan fingerprint density at radius 2 is 1.93 bits per heavy atom. The molecule has 0 saturated heterocycles. The van der Waals surface area contributed by atoms with Crippen molar-refractivity contribution in [1.82, 2.24) is 20.2 Å². The zero-order chi connectivity index (χ0) is 18.5. The number of nitrogens with one attached hydrogen (secondary N) is 2. The molecule has 3 N–H and O–H groups in total. The van der Waals surface area contributed by atoms with E-state index in [9.17, 15) is 5.11 Å². The van der Waals surface area contributed by atoms with Gasteiger partial charge in [0.1, 0.15) is 12.1 Å². The third-order valence-electron chi connectivity index (χ3n) is 5.71. The lowest BCUT2D eigenvalue weighted by Crippen LogP contribution is -2.31. The van der Waals surface area contributed by atoms with E-state index in [1.165, 1.54) is 5.56 Å². The third-order valence-corrected chi connectivity index (χ3v) is 5.71. The molecule has 6 nitrogen and oxygen atoms in total. The van der Waals surface area contributed by atoms with Crippen molar-refractivity contribution in [2.45, 2.75) is 57.1 Å². The summed E-state index contributed by atoms with van der Waals surface area (Å²) in [7, 11) is 0. The molecule has 4 rings (SSSR count). The van der Waals surface area contributed by atoms with E-state index in [4.69, 9.17) is 0 Å². The van der Waals surface area contributed by atoms with Crippen molar-refractivity contribution in [3.8, 4) is 0 Å². The Morgan fingerprint density at radius 3 is 2.74 bits per heavy atom. The summed E-state index contributed by atoms with van der Waals surface area (Å²) in [6.45, 7) is 0. The van der Waals surface area contributed by atoms with Crippen molar-refractivity contribution < 1.29 is 5.11 Å². The van der Waals surface area contributed by atoms with Gasteiger partial charge in [0.15, 0.2) is 5.65 Å². The van der Waals surface area contributed by atoms with Crippen LogP contribution in [-0.4, -0.2) is 37.4 Å². The molecule has 1 unspecified atom stereocenters. The van der Waals surface area contributed by atoms with Crippen LogP contribution in [0.5, 0.6) is 0 Å². The van der Waals surface area contributed by atoms with Gasteiger partial charge < -0.3 is 10.4 Å². The minimum Gasteiger partial charge on any atom is -0.393 e. The Hall–Kier alpha value is -2.47. The van der Waals surface area contributed by atoms with Crippen molar-refractivity contribution in [1.29, 1.82) is 0 Å². The number of rotatable bonds is 7. The smallest absolute Gasteiger partial charge is 0.160 e. The normalized spacial score (nSPS) is 21.2.